The van der Waals surface area contributed by atoms with E-state index in [0.29, 0.717) is 22.6 Å². The zero-order valence-electron chi connectivity index (χ0n) is 12.9. The highest BCUT2D eigenvalue weighted by Gasteiger charge is 2.23. The molecule has 1 amide bonds. The van der Waals surface area contributed by atoms with Crippen LogP contribution < -0.4 is 5.32 Å². The van der Waals surface area contributed by atoms with Gasteiger partial charge in [0.15, 0.2) is 0 Å². The molecule has 1 N–H and O–H groups in total. The number of aryl methyl sites for hydroxylation is 4. The lowest BCUT2D eigenvalue weighted by Gasteiger charge is -2.07. The van der Waals surface area contributed by atoms with Crippen molar-refractivity contribution in [2.24, 2.45) is 7.05 Å². The molecule has 0 aliphatic rings. The van der Waals surface area contributed by atoms with Crippen LogP contribution in [0.2, 0.25) is 0 Å². The lowest BCUT2D eigenvalue weighted by atomic mass is 10.1. The van der Waals surface area contributed by atoms with Gasteiger partial charge < -0.3 is 5.32 Å². The number of carbonyl (C=O) groups is 2. The number of ketones is 1. The first-order valence-electron chi connectivity index (χ1n) is 6.73. The summed E-state index contributed by atoms with van der Waals surface area (Å²) in [6.45, 7) is 7.39. The molecule has 0 aliphatic carbocycles. The Balaban J connectivity index is 2.26. The molecular weight excluding hydrogens is 266 g/mol. The second kappa shape index (κ2) is 5.52. The van der Waals surface area contributed by atoms with Gasteiger partial charge in [-0.15, -0.1) is 0 Å². The van der Waals surface area contributed by atoms with Crippen molar-refractivity contribution < 1.29 is 9.59 Å². The van der Waals surface area contributed by atoms with Crippen molar-refractivity contribution >= 4 is 17.4 Å². The number of anilines is 1. The van der Waals surface area contributed by atoms with Gasteiger partial charge in [-0.3, -0.25) is 14.3 Å². The molecule has 0 spiro atoms. The second-order valence-corrected chi connectivity index (χ2v) is 5.33. The first-order chi connectivity index (χ1) is 9.79. The minimum absolute atomic E-state index is 0.374. The summed E-state index contributed by atoms with van der Waals surface area (Å²) < 4.78 is 1.60. The lowest BCUT2D eigenvalue weighted by Crippen LogP contribution is -2.24. The Kier molecular flexibility index (Phi) is 3.93. The van der Waals surface area contributed by atoms with Gasteiger partial charge in [0.2, 0.25) is 0 Å². The average Bonchev–Trinajstić information content (AvgIpc) is 2.61. The Labute approximate surface area is 124 Å². The molecule has 2 rings (SSSR count). The summed E-state index contributed by atoms with van der Waals surface area (Å²) in [5.74, 6) is -1.20. The van der Waals surface area contributed by atoms with Crippen LogP contribution in [0.5, 0.6) is 0 Å². The van der Waals surface area contributed by atoms with Crippen molar-refractivity contribution in [3.05, 3.63) is 46.3 Å². The number of amides is 1. The third-order valence-corrected chi connectivity index (χ3v) is 3.42. The molecule has 0 fully saturated rings. The Morgan fingerprint density at radius 2 is 1.62 bits per heavy atom. The van der Waals surface area contributed by atoms with Crippen LogP contribution in [-0.2, 0) is 11.8 Å². The van der Waals surface area contributed by atoms with E-state index in [4.69, 9.17) is 0 Å². The number of Topliss-reactive ketones (excluding diaryl/α,β-unsaturated/α-hetero) is 1. The van der Waals surface area contributed by atoms with E-state index in [1.54, 1.807) is 25.6 Å². The highest BCUT2D eigenvalue weighted by molar-refractivity contribution is 6.47. The molecule has 0 aliphatic heterocycles. The second-order valence-electron chi connectivity index (χ2n) is 5.33. The van der Waals surface area contributed by atoms with E-state index in [9.17, 15) is 9.59 Å². The SMILES string of the molecule is Cc1cc(C)cc(NC(=O)C(=O)c2c(C)nn(C)c2C)c1. The molecule has 110 valence electrons. The van der Waals surface area contributed by atoms with Gasteiger partial charge in [-0.1, -0.05) is 6.07 Å². The predicted octanol–water partition coefficient (Wildman–Crippen LogP) is 2.48. The number of aromatic nitrogens is 2. The molecule has 5 nitrogen and oxygen atoms in total. The zero-order chi connectivity index (χ0) is 15.7. The maximum atomic E-state index is 12.3. The Morgan fingerprint density at radius 3 is 2.10 bits per heavy atom. The van der Waals surface area contributed by atoms with E-state index in [-0.39, 0.29) is 0 Å². The summed E-state index contributed by atoms with van der Waals surface area (Å²) in [6, 6.07) is 5.68. The minimum atomic E-state index is -0.640. The van der Waals surface area contributed by atoms with E-state index < -0.39 is 11.7 Å². The largest absolute Gasteiger partial charge is 0.319 e. The number of hydrogen-bond donors (Lipinski definition) is 1. The summed E-state index contributed by atoms with van der Waals surface area (Å²) in [4.78, 5) is 24.5. The molecule has 1 aromatic carbocycles. The fourth-order valence-electron chi connectivity index (χ4n) is 2.45. The molecule has 0 saturated carbocycles. The van der Waals surface area contributed by atoms with Crippen LogP contribution in [0.25, 0.3) is 0 Å². The van der Waals surface area contributed by atoms with Gasteiger partial charge >= 0.3 is 0 Å². The number of benzene rings is 1. The van der Waals surface area contributed by atoms with Crippen molar-refractivity contribution in [3.63, 3.8) is 0 Å². The van der Waals surface area contributed by atoms with Crippen LogP contribution in [0.1, 0.15) is 32.9 Å². The van der Waals surface area contributed by atoms with Gasteiger partial charge in [-0.25, -0.2) is 0 Å². The first-order valence-corrected chi connectivity index (χ1v) is 6.73. The third kappa shape index (κ3) is 3.02. The van der Waals surface area contributed by atoms with Crippen LogP contribution in [0.4, 0.5) is 5.69 Å². The molecule has 1 aromatic heterocycles. The predicted molar refractivity (Wildman–Crippen MR) is 81.6 cm³/mol. The molecule has 5 heteroatoms. The average molecular weight is 285 g/mol. The summed E-state index contributed by atoms with van der Waals surface area (Å²) in [7, 11) is 1.75. The highest BCUT2D eigenvalue weighted by atomic mass is 16.2. The Hall–Kier alpha value is -2.43. The third-order valence-electron chi connectivity index (χ3n) is 3.42. The number of nitrogens with one attached hydrogen (secondary N) is 1. The van der Waals surface area contributed by atoms with E-state index in [0.717, 1.165) is 11.1 Å². The molecule has 1 heterocycles. The standard InChI is InChI=1S/C16H19N3O2/c1-9-6-10(2)8-13(7-9)17-16(21)15(20)14-11(3)18-19(5)12(14)4/h6-8H,1-5H3,(H,17,21). The van der Waals surface area contributed by atoms with E-state index in [1.165, 1.54) is 0 Å². The molecule has 0 atom stereocenters. The van der Waals surface area contributed by atoms with Crippen LogP contribution >= 0.6 is 0 Å². The fourth-order valence-corrected chi connectivity index (χ4v) is 2.45. The number of carbonyl (C=O) groups excluding carboxylic acids is 2. The van der Waals surface area contributed by atoms with Crippen molar-refractivity contribution in [1.29, 1.82) is 0 Å². The number of hydrogen-bond acceptors (Lipinski definition) is 3. The Morgan fingerprint density at radius 1 is 1.05 bits per heavy atom. The molecule has 0 radical (unpaired) electrons. The highest BCUT2D eigenvalue weighted by Crippen LogP contribution is 2.16. The summed E-state index contributed by atoms with van der Waals surface area (Å²) in [5.41, 5.74) is 4.33. The van der Waals surface area contributed by atoms with Gasteiger partial charge in [0.1, 0.15) is 0 Å². The summed E-state index contributed by atoms with van der Waals surface area (Å²) in [5, 5.41) is 6.83. The van der Waals surface area contributed by atoms with Crippen molar-refractivity contribution in [3.8, 4) is 0 Å². The quantitative estimate of drug-likeness (QED) is 0.696. The minimum Gasteiger partial charge on any atom is -0.319 e. The molecule has 0 saturated heterocycles. The number of rotatable bonds is 3. The Bertz CT molecular complexity index is 709. The van der Waals surface area contributed by atoms with Crippen LogP contribution in [0, 0.1) is 27.7 Å². The van der Waals surface area contributed by atoms with Crippen LogP contribution in [0.15, 0.2) is 18.2 Å². The van der Waals surface area contributed by atoms with Gasteiger partial charge in [-0.05, 0) is 51.0 Å². The van der Waals surface area contributed by atoms with Gasteiger partial charge in [0.05, 0.1) is 11.3 Å². The van der Waals surface area contributed by atoms with Crippen molar-refractivity contribution in [2.75, 3.05) is 5.32 Å². The zero-order valence-corrected chi connectivity index (χ0v) is 12.9. The van der Waals surface area contributed by atoms with E-state index in [2.05, 4.69) is 10.4 Å². The van der Waals surface area contributed by atoms with Gasteiger partial charge in [0, 0.05) is 18.4 Å². The maximum absolute atomic E-state index is 12.3. The molecule has 21 heavy (non-hydrogen) atoms. The molecule has 2 aromatic rings. The van der Waals surface area contributed by atoms with Gasteiger partial charge in [0.25, 0.3) is 11.7 Å². The van der Waals surface area contributed by atoms with Gasteiger partial charge in [-0.2, -0.15) is 5.10 Å². The molecular formula is C16H19N3O2. The summed E-state index contributed by atoms with van der Waals surface area (Å²) in [6.07, 6.45) is 0. The lowest BCUT2D eigenvalue weighted by molar-refractivity contribution is -0.112. The molecule has 0 unspecified atom stereocenters. The smallest absolute Gasteiger partial charge is 0.296 e. The summed E-state index contributed by atoms with van der Waals surface area (Å²) >= 11 is 0. The number of nitrogens with zero attached hydrogens (tertiary/aromatic N) is 2. The van der Waals surface area contributed by atoms with Crippen LogP contribution in [-0.4, -0.2) is 21.5 Å². The fraction of sp³-hybridized carbons (Fsp3) is 0.312. The van der Waals surface area contributed by atoms with E-state index in [1.807, 2.05) is 32.0 Å². The van der Waals surface area contributed by atoms with E-state index >= 15 is 0 Å². The topological polar surface area (TPSA) is 64.0 Å². The monoisotopic (exact) mass is 285 g/mol. The molecule has 0 bridgehead atoms. The first kappa shape index (κ1) is 15.0. The normalized spacial score (nSPS) is 10.5. The van der Waals surface area contributed by atoms with Crippen LogP contribution in [0.3, 0.4) is 0 Å². The maximum Gasteiger partial charge on any atom is 0.296 e. The van der Waals surface area contributed by atoms with Crippen molar-refractivity contribution in [2.45, 2.75) is 27.7 Å². The van der Waals surface area contributed by atoms with Crippen molar-refractivity contribution in [1.82, 2.24) is 9.78 Å².